The van der Waals surface area contributed by atoms with E-state index in [1.165, 1.54) is 43.8 Å². The molecule has 28 heavy (non-hydrogen) atoms. The van der Waals surface area contributed by atoms with Crippen LogP contribution in [0.3, 0.4) is 0 Å². The summed E-state index contributed by atoms with van der Waals surface area (Å²) in [6.07, 6.45) is 3.65. The van der Waals surface area contributed by atoms with Gasteiger partial charge >= 0.3 is 0 Å². The highest BCUT2D eigenvalue weighted by atomic mass is 16.3. The van der Waals surface area contributed by atoms with Gasteiger partial charge < -0.3 is 8.82 Å². The summed E-state index contributed by atoms with van der Waals surface area (Å²) in [6, 6.07) is 17.4. The molecular weight excluding hydrogens is 346 g/mol. The average molecular weight is 362 g/mol. The maximum Gasteiger partial charge on any atom is 0.287 e. The fourth-order valence-corrected chi connectivity index (χ4v) is 5.00. The highest BCUT2D eigenvalue weighted by Crippen LogP contribution is 2.41. The molecular formula is C24H16N3O+. The van der Waals surface area contributed by atoms with Crippen molar-refractivity contribution in [1.82, 2.24) is 9.38 Å². The fourth-order valence-electron chi connectivity index (χ4n) is 5.00. The third-order valence-corrected chi connectivity index (χ3v) is 6.17. The van der Waals surface area contributed by atoms with Gasteiger partial charge in [-0.25, -0.2) is 4.57 Å². The van der Waals surface area contributed by atoms with Crippen molar-refractivity contribution in [2.24, 2.45) is 7.05 Å². The Labute approximate surface area is 159 Å². The topological polar surface area (TPSA) is 34.3 Å². The minimum absolute atomic E-state index is 0.852. The Morgan fingerprint density at radius 1 is 0.964 bits per heavy atom. The Balaban J connectivity index is 2.02. The highest BCUT2D eigenvalue weighted by molar-refractivity contribution is 6.27. The van der Waals surface area contributed by atoms with Gasteiger partial charge in [0, 0.05) is 21.5 Å². The zero-order valence-corrected chi connectivity index (χ0v) is 15.5. The molecule has 0 N–H and O–H groups in total. The molecule has 0 aliphatic rings. The zero-order valence-electron chi connectivity index (χ0n) is 15.5. The summed E-state index contributed by atoms with van der Waals surface area (Å²) in [5, 5.41) is 6.08. The lowest BCUT2D eigenvalue weighted by atomic mass is 10.0. The summed E-state index contributed by atoms with van der Waals surface area (Å²) < 4.78 is 10.4. The van der Waals surface area contributed by atoms with E-state index in [0.717, 1.165) is 21.9 Å². The van der Waals surface area contributed by atoms with Crippen LogP contribution < -0.4 is 4.57 Å². The van der Waals surface area contributed by atoms with Crippen molar-refractivity contribution in [1.29, 1.82) is 0 Å². The van der Waals surface area contributed by atoms with Gasteiger partial charge in [0.2, 0.25) is 5.52 Å². The number of pyridine rings is 1. The van der Waals surface area contributed by atoms with Crippen LogP contribution in [0.4, 0.5) is 0 Å². The van der Waals surface area contributed by atoms with Crippen molar-refractivity contribution in [2.45, 2.75) is 6.92 Å². The third kappa shape index (κ3) is 1.46. The molecule has 0 aliphatic heterocycles. The Bertz CT molecular complexity index is 1730. The second-order valence-electron chi connectivity index (χ2n) is 7.67. The van der Waals surface area contributed by atoms with E-state index in [0.29, 0.717) is 0 Å². The van der Waals surface area contributed by atoms with Crippen molar-refractivity contribution in [3.05, 3.63) is 66.7 Å². The van der Waals surface area contributed by atoms with Gasteiger partial charge in [-0.3, -0.25) is 0 Å². The van der Waals surface area contributed by atoms with E-state index >= 15 is 0 Å². The molecule has 7 rings (SSSR count). The van der Waals surface area contributed by atoms with Crippen molar-refractivity contribution in [3.8, 4) is 0 Å². The van der Waals surface area contributed by atoms with Gasteiger partial charge in [0.1, 0.15) is 10.9 Å². The van der Waals surface area contributed by atoms with Crippen LogP contribution in [0.5, 0.6) is 0 Å². The van der Waals surface area contributed by atoms with Gasteiger partial charge in [-0.15, -0.1) is 0 Å². The molecule has 0 radical (unpaired) electrons. The summed E-state index contributed by atoms with van der Waals surface area (Å²) in [5.41, 5.74) is 7.93. The number of furan rings is 1. The second-order valence-corrected chi connectivity index (χ2v) is 7.67. The van der Waals surface area contributed by atoms with Crippen molar-refractivity contribution >= 4 is 60.1 Å². The summed E-state index contributed by atoms with van der Waals surface area (Å²) in [6.45, 7) is 2.19. The fraction of sp³-hybridized carbons (Fsp3) is 0.0833. The van der Waals surface area contributed by atoms with Gasteiger partial charge in [0.15, 0.2) is 5.58 Å². The lowest BCUT2D eigenvalue weighted by Gasteiger charge is -2.13. The van der Waals surface area contributed by atoms with Crippen LogP contribution in [-0.4, -0.2) is 9.38 Å². The van der Waals surface area contributed by atoms with Gasteiger partial charge in [-0.05, 0) is 35.7 Å². The number of fused-ring (bicyclic) bond motifs is 7. The summed E-state index contributed by atoms with van der Waals surface area (Å²) >= 11 is 0. The molecule has 0 unspecified atom stereocenters. The molecule has 4 nitrogen and oxygen atoms in total. The van der Waals surface area contributed by atoms with Gasteiger partial charge in [-0.2, -0.15) is 0 Å². The number of hydrogen-bond acceptors (Lipinski definition) is 2. The molecule has 4 aromatic heterocycles. The number of benzene rings is 3. The van der Waals surface area contributed by atoms with Crippen LogP contribution >= 0.6 is 0 Å². The first kappa shape index (κ1) is 14.4. The van der Waals surface area contributed by atoms with Crippen LogP contribution in [0.25, 0.3) is 60.1 Å². The number of aryl methyl sites for hydroxylation is 2. The molecule has 0 spiro atoms. The van der Waals surface area contributed by atoms with Crippen LogP contribution in [0.2, 0.25) is 0 Å². The lowest BCUT2D eigenvalue weighted by Crippen LogP contribution is -2.30. The van der Waals surface area contributed by atoms with E-state index in [1.807, 2.05) is 12.4 Å². The zero-order chi connectivity index (χ0) is 18.6. The summed E-state index contributed by atoms with van der Waals surface area (Å²) in [7, 11) is 2.08. The molecule has 0 saturated heterocycles. The van der Waals surface area contributed by atoms with Crippen molar-refractivity contribution in [2.75, 3.05) is 0 Å². The highest BCUT2D eigenvalue weighted by Gasteiger charge is 2.25. The number of aromatic nitrogens is 3. The molecule has 0 saturated carbocycles. The Morgan fingerprint density at radius 2 is 1.86 bits per heavy atom. The van der Waals surface area contributed by atoms with Crippen molar-refractivity contribution < 1.29 is 8.98 Å². The second kappa shape index (κ2) is 4.60. The van der Waals surface area contributed by atoms with E-state index < -0.39 is 0 Å². The first-order valence-corrected chi connectivity index (χ1v) is 9.46. The largest absolute Gasteiger partial charge is 0.460 e. The molecule has 0 atom stereocenters. The predicted octanol–water partition coefficient (Wildman–Crippen LogP) is 5.26. The van der Waals surface area contributed by atoms with E-state index in [1.54, 1.807) is 6.26 Å². The number of rotatable bonds is 0. The maximum absolute atomic E-state index is 5.83. The van der Waals surface area contributed by atoms with E-state index in [2.05, 4.69) is 65.4 Å². The third-order valence-electron chi connectivity index (χ3n) is 6.17. The smallest absolute Gasteiger partial charge is 0.287 e. The van der Waals surface area contributed by atoms with Crippen LogP contribution in [-0.2, 0) is 7.05 Å². The van der Waals surface area contributed by atoms with Gasteiger partial charge in [0.05, 0.1) is 29.9 Å². The Kier molecular flexibility index (Phi) is 2.36. The maximum atomic E-state index is 5.83. The lowest BCUT2D eigenvalue weighted by molar-refractivity contribution is -0.646. The SMILES string of the molecule is Cc1ccc2c3ccccc3n3c4cc5ccoc5c5nc[n+](C)c(c1c23)c54. The molecule has 0 amide bonds. The monoisotopic (exact) mass is 362 g/mol. The van der Waals surface area contributed by atoms with Gasteiger partial charge in [0.25, 0.3) is 6.33 Å². The summed E-state index contributed by atoms with van der Waals surface area (Å²) in [5.74, 6) is 0. The predicted molar refractivity (Wildman–Crippen MR) is 112 cm³/mol. The molecule has 4 heterocycles. The quantitative estimate of drug-likeness (QED) is 0.209. The molecule has 0 bridgehead atoms. The van der Waals surface area contributed by atoms with Crippen LogP contribution in [0.15, 0.2) is 65.5 Å². The van der Waals surface area contributed by atoms with E-state index in [9.17, 15) is 0 Å². The van der Waals surface area contributed by atoms with Crippen LogP contribution in [0.1, 0.15) is 5.56 Å². The van der Waals surface area contributed by atoms with E-state index in [4.69, 9.17) is 9.40 Å². The van der Waals surface area contributed by atoms with Crippen LogP contribution in [0, 0.1) is 6.92 Å². The molecule has 7 aromatic rings. The van der Waals surface area contributed by atoms with E-state index in [-0.39, 0.29) is 0 Å². The first-order valence-electron chi connectivity index (χ1n) is 9.46. The Hall–Kier alpha value is -3.66. The summed E-state index contributed by atoms with van der Waals surface area (Å²) in [4.78, 5) is 4.77. The van der Waals surface area contributed by atoms with Gasteiger partial charge in [-0.1, -0.05) is 30.3 Å². The minimum Gasteiger partial charge on any atom is -0.460 e. The number of hydrogen-bond donors (Lipinski definition) is 0. The first-order chi connectivity index (χ1) is 13.7. The Morgan fingerprint density at radius 3 is 2.79 bits per heavy atom. The number of para-hydroxylation sites is 1. The molecule has 3 aromatic carbocycles. The minimum atomic E-state index is 0.852. The van der Waals surface area contributed by atoms with Crippen molar-refractivity contribution in [3.63, 3.8) is 0 Å². The standard InChI is InChI=1S/C24H16N3O/c1-13-7-8-16-15-5-3-4-6-17(15)27-18-11-14-9-10-28-24(14)21-20(18)23(19(13)22(16)27)26(2)12-25-21/h3-12H,1-2H3/q+1. The normalized spacial score (nSPS) is 12.6. The average Bonchev–Trinajstić information content (AvgIpc) is 3.31. The molecule has 0 aliphatic carbocycles. The molecule has 0 fully saturated rings. The number of nitrogens with zero attached hydrogens (tertiary/aromatic N) is 3. The molecule has 4 heteroatoms. The molecule has 132 valence electrons.